The van der Waals surface area contributed by atoms with Crippen molar-refractivity contribution >= 4 is 5.91 Å². The normalized spacial score (nSPS) is 28.8. The lowest BCUT2D eigenvalue weighted by molar-refractivity contribution is -0.130. The third kappa shape index (κ3) is 3.07. The summed E-state index contributed by atoms with van der Waals surface area (Å²) in [5.41, 5.74) is 1.31. The molecular weight excluding hydrogens is 320 g/mol. The quantitative estimate of drug-likeness (QED) is 0.918. The molecule has 3 heterocycles. The molecule has 1 N–H and O–H groups in total. The van der Waals surface area contributed by atoms with Crippen LogP contribution in [0.4, 0.5) is 0 Å². The van der Waals surface area contributed by atoms with Crippen LogP contribution < -0.4 is 0 Å². The van der Waals surface area contributed by atoms with Gasteiger partial charge >= 0.3 is 0 Å². The Hall–Kier alpha value is -2.18. The number of carbonyl (C=O) groups is 1. The lowest BCUT2D eigenvalue weighted by Crippen LogP contribution is -2.41. The Kier molecular flexibility index (Phi) is 4.09. The number of aliphatic hydroxyl groups is 1. The van der Waals surface area contributed by atoms with Gasteiger partial charge in [0.1, 0.15) is 17.5 Å². The maximum atomic E-state index is 12.5. The van der Waals surface area contributed by atoms with Gasteiger partial charge in [-0.2, -0.15) is 0 Å². The minimum Gasteiger partial charge on any atom is -0.388 e. The SMILES string of the molecule is Cc1cc(CC(=O)N2C[C@@H](O)[C@@]3(C[C@H](c4ccccc4)CO3)C2)on1. The van der Waals surface area contributed by atoms with Gasteiger partial charge in [-0.1, -0.05) is 35.5 Å². The molecule has 2 saturated heterocycles. The predicted molar refractivity (Wildman–Crippen MR) is 90.0 cm³/mol. The molecule has 1 spiro atoms. The second-order valence-electron chi connectivity index (χ2n) is 7.09. The van der Waals surface area contributed by atoms with Gasteiger partial charge in [0.2, 0.25) is 5.91 Å². The van der Waals surface area contributed by atoms with Crippen LogP contribution in [0.2, 0.25) is 0 Å². The van der Waals surface area contributed by atoms with Crippen LogP contribution in [-0.4, -0.2) is 52.5 Å². The van der Waals surface area contributed by atoms with E-state index in [1.165, 1.54) is 5.56 Å². The third-order valence-electron chi connectivity index (χ3n) is 5.25. The topological polar surface area (TPSA) is 75.8 Å². The van der Waals surface area contributed by atoms with Crippen LogP contribution in [0.15, 0.2) is 40.9 Å². The van der Waals surface area contributed by atoms with Gasteiger partial charge in [-0.05, 0) is 18.9 Å². The lowest BCUT2D eigenvalue weighted by atomic mass is 9.87. The highest BCUT2D eigenvalue weighted by Gasteiger charge is 2.53. The van der Waals surface area contributed by atoms with Gasteiger partial charge in [0.25, 0.3) is 0 Å². The second-order valence-corrected chi connectivity index (χ2v) is 7.09. The Balaban J connectivity index is 1.43. The van der Waals surface area contributed by atoms with Crippen LogP contribution in [0, 0.1) is 6.92 Å². The number of amides is 1. The zero-order valence-electron chi connectivity index (χ0n) is 14.2. The molecule has 0 radical (unpaired) electrons. The number of carbonyl (C=O) groups excluding carboxylic acids is 1. The number of hydrogen-bond donors (Lipinski definition) is 1. The van der Waals surface area contributed by atoms with E-state index in [2.05, 4.69) is 17.3 Å². The zero-order valence-corrected chi connectivity index (χ0v) is 14.2. The molecule has 2 aliphatic rings. The fraction of sp³-hybridized carbons (Fsp3) is 0.474. The molecule has 1 aromatic heterocycles. The Morgan fingerprint density at radius 2 is 2.20 bits per heavy atom. The molecule has 2 aliphatic heterocycles. The summed E-state index contributed by atoms with van der Waals surface area (Å²) < 4.78 is 11.2. The van der Waals surface area contributed by atoms with E-state index in [9.17, 15) is 9.90 Å². The standard InChI is InChI=1S/C19H22N2O4/c1-13-7-16(25-20-13)8-18(23)21-10-17(22)19(12-21)9-15(11-24-19)14-5-3-2-4-6-14/h2-7,15,17,22H,8-12H2,1H3/t15-,17+,19+/m0/s1. The maximum Gasteiger partial charge on any atom is 0.230 e. The van der Waals surface area contributed by atoms with Gasteiger partial charge in [0.15, 0.2) is 0 Å². The van der Waals surface area contributed by atoms with E-state index in [4.69, 9.17) is 9.26 Å². The number of hydrogen-bond acceptors (Lipinski definition) is 5. The molecule has 0 saturated carbocycles. The monoisotopic (exact) mass is 342 g/mol. The van der Waals surface area contributed by atoms with E-state index >= 15 is 0 Å². The number of aliphatic hydroxyl groups excluding tert-OH is 1. The number of aryl methyl sites for hydroxylation is 1. The molecule has 0 bridgehead atoms. The molecule has 6 heteroatoms. The first-order valence-electron chi connectivity index (χ1n) is 8.63. The third-order valence-corrected chi connectivity index (χ3v) is 5.25. The van der Waals surface area contributed by atoms with E-state index in [0.717, 1.165) is 12.1 Å². The first-order chi connectivity index (χ1) is 12.1. The van der Waals surface area contributed by atoms with Gasteiger partial charge < -0.3 is 19.3 Å². The number of ether oxygens (including phenoxy) is 1. The zero-order chi connectivity index (χ0) is 17.4. The Morgan fingerprint density at radius 1 is 1.40 bits per heavy atom. The van der Waals surface area contributed by atoms with E-state index in [1.807, 2.05) is 25.1 Å². The number of rotatable bonds is 3. The first kappa shape index (κ1) is 16.3. The van der Waals surface area contributed by atoms with Crippen molar-refractivity contribution in [2.24, 2.45) is 0 Å². The molecular formula is C19H22N2O4. The van der Waals surface area contributed by atoms with Crippen LogP contribution in [0.25, 0.3) is 0 Å². The average molecular weight is 342 g/mol. The summed E-state index contributed by atoms with van der Waals surface area (Å²) in [5, 5.41) is 14.4. The highest BCUT2D eigenvalue weighted by molar-refractivity contribution is 5.78. The number of β-amino-alcohol motifs (C(OH)–C–C–N with tert-alkyl or cyclic N) is 1. The van der Waals surface area contributed by atoms with E-state index in [0.29, 0.717) is 25.5 Å². The molecule has 0 aliphatic carbocycles. The van der Waals surface area contributed by atoms with Crippen molar-refractivity contribution in [1.82, 2.24) is 10.1 Å². The Bertz CT molecular complexity index is 760. The summed E-state index contributed by atoms with van der Waals surface area (Å²) in [6.07, 6.45) is 0.219. The summed E-state index contributed by atoms with van der Waals surface area (Å²) >= 11 is 0. The van der Waals surface area contributed by atoms with Crippen molar-refractivity contribution in [2.75, 3.05) is 19.7 Å². The van der Waals surface area contributed by atoms with Crippen LogP contribution in [-0.2, 0) is 16.0 Å². The van der Waals surface area contributed by atoms with Crippen LogP contribution in [0.3, 0.4) is 0 Å². The minimum atomic E-state index is -0.665. The fourth-order valence-corrected chi connectivity index (χ4v) is 3.90. The maximum absolute atomic E-state index is 12.5. The molecule has 2 fully saturated rings. The molecule has 25 heavy (non-hydrogen) atoms. The van der Waals surface area contributed by atoms with Gasteiger partial charge in [-0.15, -0.1) is 0 Å². The molecule has 132 valence electrons. The van der Waals surface area contributed by atoms with Crippen molar-refractivity contribution in [1.29, 1.82) is 0 Å². The highest BCUT2D eigenvalue weighted by atomic mass is 16.5. The summed E-state index contributed by atoms with van der Waals surface area (Å²) in [6, 6.07) is 12.0. The average Bonchev–Trinajstić information content (AvgIpc) is 3.30. The van der Waals surface area contributed by atoms with E-state index in [-0.39, 0.29) is 18.2 Å². The van der Waals surface area contributed by atoms with Crippen molar-refractivity contribution in [3.8, 4) is 0 Å². The molecule has 2 aromatic rings. The Labute approximate surface area is 146 Å². The summed E-state index contributed by atoms with van der Waals surface area (Å²) in [5.74, 6) is 0.731. The Morgan fingerprint density at radius 3 is 2.92 bits per heavy atom. The largest absolute Gasteiger partial charge is 0.388 e. The number of likely N-dealkylation sites (tertiary alicyclic amines) is 1. The molecule has 4 rings (SSSR count). The fourth-order valence-electron chi connectivity index (χ4n) is 3.90. The number of nitrogens with zero attached hydrogens (tertiary/aromatic N) is 2. The van der Waals surface area contributed by atoms with Gasteiger partial charge in [0, 0.05) is 18.5 Å². The van der Waals surface area contributed by atoms with E-state index in [1.54, 1.807) is 11.0 Å². The van der Waals surface area contributed by atoms with Crippen LogP contribution in [0.5, 0.6) is 0 Å². The molecule has 0 unspecified atom stereocenters. The molecule has 6 nitrogen and oxygen atoms in total. The van der Waals surface area contributed by atoms with Gasteiger partial charge in [-0.25, -0.2) is 0 Å². The summed E-state index contributed by atoms with van der Waals surface area (Å²) in [4.78, 5) is 14.2. The smallest absolute Gasteiger partial charge is 0.230 e. The number of benzene rings is 1. The highest BCUT2D eigenvalue weighted by Crippen LogP contribution is 2.42. The van der Waals surface area contributed by atoms with Crippen molar-refractivity contribution < 1.29 is 19.2 Å². The van der Waals surface area contributed by atoms with Crippen molar-refractivity contribution in [3.05, 3.63) is 53.4 Å². The summed E-state index contributed by atoms with van der Waals surface area (Å²) in [7, 11) is 0. The first-order valence-corrected chi connectivity index (χ1v) is 8.63. The van der Waals surface area contributed by atoms with Crippen LogP contribution >= 0.6 is 0 Å². The lowest BCUT2D eigenvalue weighted by Gasteiger charge is -2.26. The molecule has 1 aromatic carbocycles. The minimum absolute atomic E-state index is 0.0705. The predicted octanol–water partition coefficient (Wildman–Crippen LogP) is 1.67. The van der Waals surface area contributed by atoms with E-state index < -0.39 is 11.7 Å². The number of aromatic nitrogens is 1. The molecule has 1 amide bonds. The van der Waals surface area contributed by atoms with Crippen molar-refractivity contribution in [3.63, 3.8) is 0 Å². The van der Waals surface area contributed by atoms with Crippen LogP contribution in [0.1, 0.15) is 29.4 Å². The summed E-state index contributed by atoms with van der Waals surface area (Å²) in [6.45, 7) is 3.11. The molecule has 3 atom stereocenters. The van der Waals surface area contributed by atoms with Gasteiger partial charge in [-0.3, -0.25) is 4.79 Å². The van der Waals surface area contributed by atoms with Crippen molar-refractivity contribution in [2.45, 2.75) is 37.4 Å². The second kappa shape index (κ2) is 6.28. The van der Waals surface area contributed by atoms with Gasteiger partial charge in [0.05, 0.1) is 25.3 Å².